The first-order chi connectivity index (χ1) is 33.2. The van der Waals surface area contributed by atoms with E-state index in [4.69, 9.17) is 4.74 Å². The van der Waals surface area contributed by atoms with Gasteiger partial charge in [-0.25, -0.2) is 0 Å². The quantitative estimate of drug-likeness (QED) is 0.155. The molecule has 1 unspecified atom stereocenters. The van der Waals surface area contributed by atoms with Crippen LogP contribution in [-0.4, -0.2) is 0 Å². The van der Waals surface area contributed by atoms with Gasteiger partial charge in [0.15, 0.2) is 0 Å². The van der Waals surface area contributed by atoms with Crippen molar-refractivity contribution in [3.8, 4) is 61.4 Å². The third kappa shape index (κ3) is 8.83. The molecule has 0 amide bonds. The molecular formula is C67H64O. The van der Waals surface area contributed by atoms with E-state index in [2.05, 4.69) is 236 Å². The number of aryl methyl sites for hydroxylation is 3. The normalized spacial score (nSPS) is 15.7. The number of para-hydroxylation sites is 1. The van der Waals surface area contributed by atoms with E-state index in [1.165, 1.54) is 126 Å². The van der Waals surface area contributed by atoms with Gasteiger partial charge in [-0.3, -0.25) is 0 Å². The van der Waals surface area contributed by atoms with Crippen molar-refractivity contribution in [1.82, 2.24) is 0 Å². The van der Waals surface area contributed by atoms with E-state index in [0.29, 0.717) is 5.92 Å². The molecule has 12 rings (SSSR count). The van der Waals surface area contributed by atoms with Crippen LogP contribution < -0.4 is 4.74 Å². The molecule has 1 saturated carbocycles. The van der Waals surface area contributed by atoms with Gasteiger partial charge >= 0.3 is 0 Å². The first-order valence-corrected chi connectivity index (χ1v) is 25.0. The van der Waals surface area contributed by atoms with Gasteiger partial charge in [-0.05, 0) is 142 Å². The van der Waals surface area contributed by atoms with Crippen LogP contribution in [0.25, 0.3) is 55.6 Å². The van der Waals surface area contributed by atoms with Crippen molar-refractivity contribution in [3.05, 3.63) is 244 Å². The third-order valence-corrected chi connectivity index (χ3v) is 14.9. The lowest BCUT2D eigenvalue weighted by atomic mass is 9.76. The van der Waals surface area contributed by atoms with Crippen LogP contribution in [0.4, 0.5) is 0 Å². The van der Waals surface area contributed by atoms with Gasteiger partial charge in [0.1, 0.15) is 11.5 Å². The summed E-state index contributed by atoms with van der Waals surface area (Å²) < 4.78 is 6.18. The first kappa shape index (κ1) is 44.9. The summed E-state index contributed by atoms with van der Waals surface area (Å²) in [6.07, 6.45) is 13.8. The Morgan fingerprint density at radius 2 is 1.12 bits per heavy atom. The molecule has 1 heterocycles. The van der Waals surface area contributed by atoms with Crippen molar-refractivity contribution >= 4 is 0 Å². The summed E-state index contributed by atoms with van der Waals surface area (Å²) >= 11 is 0. The van der Waals surface area contributed by atoms with Crippen LogP contribution in [0.3, 0.4) is 0 Å². The van der Waals surface area contributed by atoms with Crippen molar-refractivity contribution in [2.75, 3.05) is 0 Å². The minimum Gasteiger partial charge on any atom is -0.460 e. The number of allylic oxidation sites excluding steroid dienone is 4. The van der Waals surface area contributed by atoms with E-state index in [1.54, 1.807) is 0 Å². The molecule has 0 bridgehead atoms. The molecule has 3 aliphatic carbocycles. The standard InChI is InChI=1S/C24H24.C22H20.C21H20O/c1-17-8-5-11-20(16-17)21-14-7-15-22(18(21)2)24-13-4-3-12-23(24)19-9-6-10-19;1-15-7-6-8-16(13-15)17-11-12-21-19(14-17)18-9-4-5-10-20(18)22(21,2)3;1-2-6-15-11-13-16(14-12-15)17-8-5-9-19-18-7-3-4-10-20(18)22-21(17)19/h3-5,7-8,11-16,19H,6,9-10H2,1-2H3;4-14H,1-3H3;3-5,8-14,18H,2,6-7H2,1H3. The number of benzene rings is 8. The molecule has 1 heteroatoms. The van der Waals surface area contributed by atoms with Crippen LogP contribution in [0.2, 0.25) is 0 Å². The zero-order chi connectivity index (χ0) is 46.8. The van der Waals surface area contributed by atoms with Crippen LogP contribution in [0.5, 0.6) is 5.75 Å². The van der Waals surface area contributed by atoms with Crippen LogP contribution in [-0.2, 0) is 11.8 Å². The fourth-order valence-electron chi connectivity index (χ4n) is 11.0. The van der Waals surface area contributed by atoms with Crippen LogP contribution in [0, 0.1) is 20.8 Å². The minimum absolute atomic E-state index is 0.0943. The van der Waals surface area contributed by atoms with E-state index in [-0.39, 0.29) is 5.41 Å². The Kier molecular flexibility index (Phi) is 12.8. The topological polar surface area (TPSA) is 9.23 Å². The SMILES string of the molecule is CCCc1ccc(-c2cccc3c2OC2=CC=CCC23)cc1.Cc1cccc(-c2ccc3c(c2)-c2ccccc2C3(C)C)c1.Cc1cccc(-c2cccc(-c3ccccc3C3CCC3)c2C)c1. The number of hydrogen-bond donors (Lipinski definition) is 0. The summed E-state index contributed by atoms with van der Waals surface area (Å²) in [6, 6.07) is 64.5. The molecule has 1 aliphatic heterocycles. The molecule has 0 aromatic heterocycles. The Labute approximate surface area is 405 Å². The highest BCUT2D eigenvalue weighted by Crippen LogP contribution is 2.51. The van der Waals surface area contributed by atoms with Crippen LogP contribution in [0.1, 0.15) is 109 Å². The predicted octanol–water partition coefficient (Wildman–Crippen LogP) is 18.5. The fourth-order valence-corrected chi connectivity index (χ4v) is 11.0. The maximum absolute atomic E-state index is 6.18. The molecule has 1 fully saturated rings. The summed E-state index contributed by atoms with van der Waals surface area (Å²) in [7, 11) is 0. The highest BCUT2D eigenvalue weighted by molar-refractivity contribution is 5.85. The lowest BCUT2D eigenvalue weighted by molar-refractivity contribution is 0.420. The first-order valence-electron chi connectivity index (χ1n) is 25.0. The molecule has 1 atom stereocenters. The molecule has 0 saturated heterocycles. The summed E-state index contributed by atoms with van der Waals surface area (Å²) in [4.78, 5) is 0. The minimum atomic E-state index is 0.0943. The average Bonchev–Trinajstić information content (AvgIpc) is 3.84. The van der Waals surface area contributed by atoms with Crippen LogP contribution >= 0.6 is 0 Å². The number of ether oxygens (including phenoxy) is 1. The summed E-state index contributed by atoms with van der Waals surface area (Å²) in [5, 5.41) is 0. The Hall–Kier alpha value is -6.96. The monoisotopic (exact) mass is 884 g/mol. The van der Waals surface area contributed by atoms with Gasteiger partial charge in [0.25, 0.3) is 0 Å². The van der Waals surface area contributed by atoms with Crippen LogP contribution in [0.15, 0.2) is 200 Å². The van der Waals surface area contributed by atoms with Gasteiger partial charge in [0, 0.05) is 22.5 Å². The van der Waals surface area contributed by atoms with Gasteiger partial charge < -0.3 is 4.74 Å². The molecule has 8 aromatic rings. The Morgan fingerprint density at radius 1 is 0.515 bits per heavy atom. The van der Waals surface area contributed by atoms with Crippen molar-refractivity contribution < 1.29 is 4.74 Å². The Morgan fingerprint density at radius 3 is 1.87 bits per heavy atom. The zero-order valence-electron chi connectivity index (χ0n) is 40.8. The Bertz CT molecular complexity index is 3170. The van der Waals surface area contributed by atoms with Gasteiger partial charge in [-0.2, -0.15) is 0 Å². The second-order valence-corrected chi connectivity index (χ2v) is 19.9. The van der Waals surface area contributed by atoms with Gasteiger partial charge in [0.2, 0.25) is 0 Å². The molecule has 8 aromatic carbocycles. The Balaban J connectivity index is 0.000000119. The van der Waals surface area contributed by atoms with Gasteiger partial charge in [-0.1, -0.05) is 227 Å². The predicted molar refractivity (Wildman–Crippen MR) is 289 cm³/mol. The second-order valence-electron chi connectivity index (χ2n) is 19.9. The number of fused-ring (bicyclic) bond motifs is 6. The molecule has 338 valence electrons. The third-order valence-electron chi connectivity index (χ3n) is 14.9. The molecular weight excluding hydrogens is 821 g/mol. The highest BCUT2D eigenvalue weighted by Gasteiger charge is 2.35. The summed E-state index contributed by atoms with van der Waals surface area (Å²) in [6.45, 7) is 13.4. The van der Waals surface area contributed by atoms with Gasteiger partial charge in [-0.15, -0.1) is 0 Å². The number of hydrogen-bond acceptors (Lipinski definition) is 1. The molecule has 0 spiro atoms. The van der Waals surface area contributed by atoms with Crippen molar-refractivity contribution in [2.24, 2.45) is 0 Å². The fraction of sp³-hybridized carbons (Fsp3) is 0.224. The molecule has 4 aliphatic rings. The summed E-state index contributed by atoms with van der Waals surface area (Å²) in [5.74, 6) is 3.29. The largest absolute Gasteiger partial charge is 0.460 e. The van der Waals surface area contributed by atoms with Gasteiger partial charge in [0.05, 0.1) is 0 Å². The smallest absolute Gasteiger partial charge is 0.138 e. The van der Waals surface area contributed by atoms with E-state index in [1.807, 2.05) is 0 Å². The lowest BCUT2D eigenvalue weighted by Gasteiger charge is -2.28. The molecule has 0 radical (unpaired) electrons. The summed E-state index contributed by atoms with van der Waals surface area (Å²) in [5.41, 5.74) is 24.5. The molecule has 68 heavy (non-hydrogen) atoms. The molecule has 0 N–H and O–H groups in total. The maximum atomic E-state index is 6.18. The number of rotatable bonds is 7. The van der Waals surface area contributed by atoms with E-state index < -0.39 is 0 Å². The lowest BCUT2D eigenvalue weighted by Crippen LogP contribution is -2.14. The maximum Gasteiger partial charge on any atom is 0.138 e. The second kappa shape index (κ2) is 19.3. The van der Waals surface area contributed by atoms with Crippen molar-refractivity contribution in [3.63, 3.8) is 0 Å². The van der Waals surface area contributed by atoms with Crippen molar-refractivity contribution in [1.29, 1.82) is 0 Å². The average molecular weight is 885 g/mol. The molecule has 1 nitrogen and oxygen atoms in total. The van der Waals surface area contributed by atoms with E-state index >= 15 is 0 Å². The highest BCUT2D eigenvalue weighted by atomic mass is 16.5. The van der Waals surface area contributed by atoms with E-state index in [0.717, 1.165) is 30.3 Å². The van der Waals surface area contributed by atoms with E-state index in [9.17, 15) is 0 Å². The zero-order valence-corrected chi connectivity index (χ0v) is 40.8. The van der Waals surface area contributed by atoms with Crippen molar-refractivity contribution in [2.45, 2.75) is 97.3 Å².